The number of rotatable bonds is 1. The van der Waals surface area contributed by atoms with Crippen molar-refractivity contribution in [1.29, 1.82) is 0 Å². The summed E-state index contributed by atoms with van der Waals surface area (Å²) in [4.78, 5) is 13.8. The first-order chi connectivity index (χ1) is 7.49. The molecule has 2 fully saturated rings. The molecule has 0 aromatic rings. The van der Waals surface area contributed by atoms with E-state index in [-0.39, 0.29) is 23.3 Å². The van der Waals surface area contributed by atoms with Gasteiger partial charge in [0.05, 0.1) is 17.4 Å². The van der Waals surface area contributed by atoms with E-state index in [2.05, 4.69) is 12.2 Å². The first-order valence-corrected chi connectivity index (χ1v) is 7.52. The van der Waals surface area contributed by atoms with E-state index in [0.717, 1.165) is 13.1 Å². The predicted octanol–water partition coefficient (Wildman–Crippen LogP) is -0.901. The van der Waals surface area contributed by atoms with Gasteiger partial charge in [-0.25, -0.2) is 8.42 Å². The van der Waals surface area contributed by atoms with Crippen LogP contribution in [0.4, 0.5) is 0 Å². The first-order valence-electron chi connectivity index (χ1n) is 5.69. The van der Waals surface area contributed by atoms with E-state index >= 15 is 0 Å². The zero-order valence-electron chi connectivity index (χ0n) is 9.48. The summed E-state index contributed by atoms with van der Waals surface area (Å²) in [6.07, 6.45) is 0. The molecule has 1 amide bonds. The molecule has 0 bridgehead atoms. The fourth-order valence-corrected chi connectivity index (χ4v) is 3.51. The highest BCUT2D eigenvalue weighted by Gasteiger charge is 2.34. The molecule has 6 heteroatoms. The number of nitrogens with one attached hydrogen (secondary N) is 1. The molecule has 5 nitrogen and oxygen atoms in total. The third-order valence-electron chi connectivity index (χ3n) is 3.49. The maximum atomic E-state index is 12.1. The number of hydrogen-bond acceptors (Lipinski definition) is 4. The van der Waals surface area contributed by atoms with Gasteiger partial charge in [0.15, 0.2) is 9.84 Å². The van der Waals surface area contributed by atoms with E-state index in [1.807, 2.05) is 0 Å². The van der Waals surface area contributed by atoms with Crippen LogP contribution in [0.25, 0.3) is 0 Å². The number of hydrogen-bond donors (Lipinski definition) is 1. The van der Waals surface area contributed by atoms with Gasteiger partial charge in [-0.05, 0) is 12.5 Å². The summed E-state index contributed by atoms with van der Waals surface area (Å²) < 4.78 is 22.5. The van der Waals surface area contributed by atoms with Gasteiger partial charge >= 0.3 is 0 Å². The molecule has 0 aromatic carbocycles. The Morgan fingerprint density at radius 3 is 2.38 bits per heavy atom. The Kier molecular flexibility index (Phi) is 3.21. The van der Waals surface area contributed by atoms with Crippen molar-refractivity contribution >= 4 is 15.7 Å². The SMILES string of the molecule is C[C@@H]1CNC[C@H]1C(=O)N1CCS(=O)(=O)CC1. The number of nitrogens with zero attached hydrogens (tertiary/aromatic N) is 1. The third kappa shape index (κ3) is 2.38. The second kappa shape index (κ2) is 4.33. The normalized spacial score (nSPS) is 33.9. The Labute approximate surface area is 96.1 Å². The van der Waals surface area contributed by atoms with E-state index in [9.17, 15) is 13.2 Å². The molecule has 2 aliphatic heterocycles. The molecule has 2 saturated heterocycles. The molecule has 0 aromatic heterocycles. The Balaban J connectivity index is 1.96. The summed E-state index contributed by atoms with van der Waals surface area (Å²) in [5, 5.41) is 3.19. The lowest BCUT2D eigenvalue weighted by molar-refractivity contribution is -0.135. The van der Waals surface area contributed by atoms with Crippen molar-refractivity contribution in [2.45, 2.75) is 6.92 Å². The van der Waals surface area contributed by atoms with E-state index in [1.165, 1.54) is 0 Å². The molecule has 1 N–H and O–H groups in total. The molecule has 2 rings (SSSR count). The van der Waals surface area contributed by atoms with Crippen molar-refractivity contribution < 1.29 is 13.2 Å². The lowest BCUT2D eigenvalue weighted by Gasteiger charge is -2.30. The van der Waals surface area contributed by atoms with Gasteiger partial charge in [0.1, 0.15) is 0 Å². The van der Waals surface area contributed by atoms with Gasteiger partial charge in [0, 0.05) is 19.6 Å². The van der Waals surface area contributed by atoms with Crippen LogP contribution in [0.5, 0.6) is 0 Å². The average Bonchev–Trinajstić information content (AvgIpc) is 2.63. The van der Waals surface area contributed by atoms with E-state index in [0.29, 0.717) is 19.0 Å². The van der Waals surface area contributed by atoms with E-state index in [1.54, 1.807) is 4.90 Å². The second-order valence-corrected chi connectivity index (χ2v) is 7.02. The second-order valence-electron chi connectivity index (χ2n) is 4.72. The zero-order chi connectivity index (χ0) is 11.8. The standard InChI is InChI=1S/C10H18N2O3S/c1-8-6-11-7-9(8)10(13)12-2-4-16(14,15)5-3-12/h8-9,11H,2-7H2,1H3/t8-,9-/m1/s1. The van der Waals surface area contributed by atoms with Crippen LogP contribution in [0.2, 0.25) is 0 Å². The number of amides is 1. The van der Waals surface area contributed by atoms with E-state index < -0.39 is 9.84 Å². The number of sulfone groups is 1. The monoisotopic (exact) mass is 246 g/mol. The van der Waals surface area contributed by atoms with Crippen molar-refractivity contribution in [3.8, 4) is 0 Å². The molecular weight excluding hydrogens is 228 g/mol. The molecule has 16 heavy (non-hydrogen) atoms. The van der Waals surface area contributed by atoms with Crippen LogP contribution in [0, 0.1) is 11.8 Å². The van der Waals surface area contributed by atoms with Crippen LogP contribution in [-0.2, 0) is 14.6 Å². The third-order valence-corrected chi connectivity index (χ3v) is 5.10. The fourth-order valence-electron chi connectivity index (χ4n) is 2.31. The molecule has 0 radical (unpaired) electrons. The maximum absolute atomic E-state index is 12.1. The van der Waals surface area contributed by atoms with Crippen LogP contribution in [0.1, 0.15) is 6.92 Å². The summed E-state index contributed by atoms with van der Waals surface area (Å²) in [6, 6.07) is 0. The minimum absolute atomic E-state index is 0.0285. The largest absolute Gasteiger partial charge is 0.340 e. The predicted molar refractivity (Wildman–Crippen MR) is 60.8 cm³/mol. The highest BCUT2D eigenvalue weighted by atomic mass is 32.2. The van der Waals surface area contributed by atoms with Gasteiger partial charge in [0.2, 0.25) is 5.91 Å². The highest BCUT2D eigenvalue weighted by Crippen LogP contribution is 2.19. The lowest BCUT2D eigenvalue weighted by atomic mass is 9.96. The van der Waals surface area contributed by atoms with Crippen molar-refractivity contribution in [2.75, 3.05) is 37.7 Å². The van der Waals surface area contributed by atoms with Gasteiger partial charge in [-0.3, -0.25) is 4.79 Å². The Hall–Kier alpha value is -0.620. The minimum Gasteiger partial charge on any atom is -0.340 e. The molecule has 0 saturated carbocycles. The molecular formula is C10H18N2O3S. The van der Waals surface area contributed by atoms with Crippen LogP contribution in [0.3, 0.4) is 0 Å². The van der Waals surface area contributed by atoms with E-state index in [4.69, 9.17) is 0 Å². The zero-order valence-corrected chi connectivity index (χ0v) is 10.3. The number of carbonyl (C=O) groups is 1. The average molecular weight is 246 g/mol. The molecule has 2 aliphatic rings. The fraction of sp³-hybridized carbons (Fsp3) is 0.900. The summed E-state index contributed by atoms with van der Waals surface area (Å²) >= 11 is 0. The van der Waals surface area contributed by atoms with Crippen molar-refractivity contribution in [3.05, 3.63) is 0 Å². The van der Waals surface area contributed by atoms with Crippen LogP contribution < -0.4 is 5.32 Å². The molecule has 92 valence electrons. The van der Waals surface area contributed by atoms with Gasteiger partial charge < -0.3 is 10.2 Å². The quantitative estimate of drug-likeness (QED) is 0.651. The topological polar surface area (TPSA) is 66.5 Å². The smallest absolute Gasteiger partial charge is 0.227 e. The van der Waals surface area contributed by atoms with Crippen LogP contribution in [-0.4, -0.2) is 56.9 Å². The van der Waals surface area contributed by atoms with Gasteiger partial charge in [-0.2, -0.15) is 0 Å². The minimum atomic E-state index is -2.90. The van der Waals surface area contributed by atoms with Crippen LogP contribution in [0.15, 0.2) is 0 Å². The van der Waals surface area contributed by atoms with Gasteiger partial charge in [0.25, 0.3) is 0 Å². The molecule has 0 spiro atoms. The first kappa shape index (κ1) is 11.9. The summed E-state index contributed by atoms with van der Waals surface area (Å²) in [6.45, 7) is 4.39. The summed E-state index contributed by atoms with van der Waals surface area (Å²) in [5.74, 6) is 0.736. The van der Waals surface area contributed by atoms with Gasteiger partial charge in [-0.15, -0.1) is 0 Å². The summed E-state index contributed by atoms with van der Waals surface area (Å²) in [7, 11) is -2.90. The Morgan fingerprint density at radius 1 is 1.25 bits per heavy atom. The molecule has 0 aliphatic carbocycles. The van der Waals surface area contributed by atoms with Crippen molar-refractivity contribution in [1.82, 2.24) is 10.2 Å². The Morgan fingerprint density at radius 2 is 1.88 bits per heavy atom. The molecule has 2 heterocycles. The van der Waals surface area contributed by atoms with Crippen molar-refractivity contribution in [2.24, 2.45) is 11.8 Å². The van der Waals surface area contributed by atoms with Gasteiger partial charge in [-0.1, -0.05) is 6.92 Å². The lowest BCUT2D eigenvalue weighted by Crippen LogP contribution is -2.47. The summed E-state index contributed by atoms with van der Waals surface area (Å²) in [5.41, 5.74) is 0. The number of carbonyl (C=O) groups excluding carboxylic acids is 1. The maximum Gasteiger partial charge on any atom is 0.227 e. The Bertz CT molecular complexity index is 366. The van der Waals surface area contributed by atoms with Crippen molar-refractivity contribution in [3.63, 3.8) is 0 Å². The molecule has 0 unspecified atom stereocenters. The van der Waals surface area contributed by atoms with Crippen LogP contribution >= 0.6 is 0 Å². The molecule has 2 atom stereocenters. The highest BCUT2D eigenvalue weighted by molar-refractivity contribution is 7.91.